The van der Waals surface area contributed by atoms with Crippen LogP contribution in [0.2, 0.25) is 0 Å². The van der Waals surface area contributed by atoms with Gasteiger partial charge in [-0.15, -0.1) is 0 Å². The molecule has 0 atom stereocenters. The van der Waals surface area contributed by atoms with E-state index >= 15 is 0 Å². The van der Waals surface area contributed by atoms with Crippen LogP contribution in [-0.4, -0.2) is 19.2 Å². The molecule has 0 bridgehead atoms. The summed E-state index contributed by atoms with van der Waals surface area (Å²) in [6, 6.07) is 21.0. The molecular weight excluding hydrogens is 304 g/mol. The summed E-state index contributed by atoms with van der Waals surface area (Å²) >= 11 is 5.41. The molecular formula is C18H20N4S. The van der Waals surface area contributed by atoms with E-state index in [1.165, 1.54) is 11.1 Å². The van der Waals surface area contributed by atoms with Crippen LogP contribution >= 0.6 is 12.2 Å². The Labute approximate surface area is 141 Å². The van der Waals surface area contributed by atoms with E-state index in [1.54, 1.807) is 6.33 Å². The van der Waals surface area contributed by atoms with Crippen molar-refractivity contribution < 1.29 is 0 Å². The van der Waals surface area contributed by atoms with Crippen LogP contribution in [0, 0.1) is 4.77 Å². The SMILES string of the molecule is Cn1cnn(CN(Cc2ccccc2)Cc2ccccc2)c1=S. The van der Waals surface area contributed by atoms with Gasteiger partial charge in [-0.2, -0.15) is 5.10 Å². The zero-order valence-electron chi connectivity index (χ0n) is 13.2. The molecule has 118 valence electrons. The Morgan fingerprint density at radius 3 is 1.87 bits per heavy atom. The lowest BCUT2D eigenvalue weighted by Crippen LogP contribution is -2.26. The first-order valence-corrected chi connectivity index (χ1v) is 8.02. The van der Waals surface area contributed by atoms with E-state index in [9.17, 15) is 0 Å². The van der Waals surface area contributed by atoms with Crippen LogP contribution < -0.4 is 0 Å². The summed E-state index contributed by atoms with van der Waals surface area (Å²) in [7, 11) is 1.92. The summed E-state index contributed by atoms with van der Waals surface area (Å²) < 4.78 is 4.45. The molecule has 3 rings (SSSR count). The highest BCUT2D eigenvalue weighted by molar-refractivity contribution is 7.71. The van der Waals surface area contributed by atoms with Gasteiger partial charge in [0.1, 0.15) is 6.33 Å². The van der Waals surface area contributed by atoms with Crippen LogP contribution in [0.5, 0.6) is 0 Å². The molecule has 0 saturated carbocycles. The highest BCUT2D eigenvalue weighted by Crippen LogP contribution is 2.11. The minimum atomic E-state index is 0.670. The molecule has 0 aliphatic rings. The number of rotatable bonds is 6. The molecule has 0 amide bonds. The molecule has 3 aromatic rings. The van der Waals surface area contributed by atoms with Crippen LogP contribution in [0.3, 0.4) is 0 Å². The van der Waals surface area contributed by atoms with Crippen molar-refractivity contribution in [3.8, 4) is 0 Å². The largest absolute Gasteiger partial charge is 0.310 e. The van der Waals surface area contributed by atoms with Crippen molar-refractivity contribution >= 4 is 12.2 Å². The smallest absolute Gasteiger partial charge is 0.198 e. The summed E-state index contributed by atoms with van der Waals surface area (Å²) in [5, 5.41) is 4.37. The standard InChI is InChI=1S/C18H20N4S/c1-20-14-19-22(18(20)23)15-21(12-16-8-4-2-5-9-16)13-17-10-6-3-7-11-17/h2-11,14H,12-13,15H2,1H3. The second-order valence-corrected chi connectivity index (χ2v) is 5.99. The molecule has 0 N–H and O–H groups in total. The van der Waals surface area contributed by atoms with Crippen molar-refractivity contribution in [2.45, 2.75) is 19.8 Å². The minimum Gasteiger partial charge on any atom is -0.310 e. The van der Waals surface area contributed by atoms with Crippen molar-refractivity contribution in [3.05, 3.63) is 82.9 Å². The minimum absolute atomic E-state index is 0.670. The number of nitrogens with zero attached hydrogens (tertiary/aromatic N) is 4. The Morgan fingerprint density at radius 1 is 0.913 bits per heavy atom. The van der Waals surface area contributed by atoms with Gasteiger partial charge in [0.15, 0.2) is 4.77 Å². The summed E-state index contributed by atoms with van der Waals surface area (Å²) in [5.74, 6) is 0. The third kappa shape index (κ3) is 4.15. The first kappa shape index (κ1) is 15.6. The Kier molecular flexibility index (Phi) is 5.00. The molecule has 23 heavy (non-hydrogen) atoms. The number of hydrogen-bond acceptors (Lipinski definition) is 3. The van der Waals surface area contributed by atoms with E-state index < -0.39 is 0 Å². The monoisotopic (exact) mass is 324 g/mol. The second kappa shape index (κ2) is 7.35. The van der Waals surface area contributed by atoms with Crippen LogP contribution in [0.15, 0.2) is 67.0 Å². The molecule has 5 heteroatoms. The van der Waals surface area contributed by atoms with Crippen molar-refractivity contribution in [2.75, 3.05) is 0 Å². The lowest BCUT2D eigenvalue weighted by Gasteiger charge is -2.22. The van der Waals surface area contributed by atoms with Gasteiger partial charge in [-0.1, -0.05) is 60.7 Å². The van der Waals surface area contributed by atoms with E-state index in [0.717, 1.165) is 17.9 Å². The Balaban J connectivity index is 1.80. The van der Waals surface area contributed by atoms with E-state index in [4.69, 9.17) is 12.2 Å². The van der Waals surface area contributed by atoms with Crippen LogP contribution in [0.1, 0.15) is 11.1 Å². The van der Waals surface area contributed by atoms with Gasteiger partial charge in [-0.3, -0.25) is 4.90 Å². The normalized spacial score (nSPS) is 11.0. The summed E-state index contributed by atoms with van der Waals surface area (Å²) in [5.41, 5.74) is 2.57. The lowest BCUT2D eigenvalue weighted by atomic mass is 10.2. The van der Waals surface area contributed by atoms with Gasteiger partial charge < -0.3 is 4.57 Å². The quantitative estimate of drug-likeness (QED) is 0.648. The lowest BCUT2D eigenvalue weighted by molar-refractivity contribution is 0.188. The van der Waals surface area contributed by atoms with E-state index in [2.05, 4.69) is 58.5 Å². The summed E-state index contributed by atoms with van der Waals surface area (Å²) in [6.07, 6.45) is 1.76. The predicted molar refractivity (Wildman–Crippen MR) is 94.2 cm³/mol. The van der Waals surface area contributed by atoms with Crippen molar-refractivity contribution in [3.63, 3.8) is 0 Å². The Bertz CT molecular complexity index is 751. The molecule has 1 aromatic heterocycles. The summed E-state index contributed by atoms with van der Waals surface area (Å²) in [6.45, 7) is 2.38. The molecule has 1 heterocycles. The van der Waals surface area contributed by atoms with E-state index in [1.807, 2.05) is 28.4 Å². The van der Waals surface area contributed by atoms with Gasteiger partial charge in [0.25, 0.3) is 0 Å². The van der Waals surface area contributed by atoms with Gasteiger partial charge >= 0.3 is 0 Å². The van der Waals surface area contributed by atoms with Crippen LogP contribution in [-0.2, 0) is 26.8 Å². The van der Waals surface area contributed by atoms with Gasteiger partial charge in [-0.05, 0) is 23.3 Å². The third-order valence-electron chi connectivity index (χ3n) is 3.72. The molecule has 0 saturated heterocycles. The van der Waals surface area contributed by atoms with Crippen molar-refractivity contribution in [1.29, 1.82) is 0 Å². The predicted octanol–water partition coefficient (Wildman–Crippen LogP) is 3.61. The third-order valence-corrected chi connectivity index (χ3v) is 4.22. The number of aromatic nitrogens is 3. The van der Waals surface area contributed by atoms with Crippen LogP contribution in [0.25, 0.3) is 0 Å². The fourth-order valence-corrected chi connectivity index (χ4v) is 2.70. The highest BCUT2D eigenvalue weighted by Gasteiger charge is 2.10. The molecule has 2 aromatic carbocycles. The second-order valence-electron chi connectivity index (χ2n) is 5.62. The highest BCUT2D eigenvalue weighted by atomic mass is 32.1. The first-order valence-electron chi connectivity index (χ1n) is 7.61. The average molecular weight is 324 g/mol. The maximum atomic E-state index is 5.41. The molecule has 0 aliphatic heterocycles. The Hall–Kier alpha value is -2.24. The fourth-order valence-electron chi connectivity index (χ4n) is 2.55. The number of hydrogen-bond donors (Lipinski definition) is 0. The maximum Gasteiger partial charge on any atom is 0.198 e. The average Bonchev–Trinajstić information content (AvgIpc) is 2.89. The van der Waals surface area contributed by atoms with Gasteiger partial charge in [0.2, 0.25) is 0 Å². The number of aryl methyl sites for hydroxylation is 1. The summed E-state index contributed by atoms with van der Waals surface area (Å²) in [4.78, 5) is 2.34. The number of benzene rings is 2. The van der Waals surface area contributed by atoms with Crippen molar-refractivity contribution in [1.82, 2.24) is 19.2 Å². The molecule has 0 radical (unpaired) electrons. The fraction of sp³-hybridized carbons (Fsp3) is 0.222. The van der Waals surface area contributed by atoms with Gasteiger partial charge in [0, 0.05) is 20.1 Å². The molecule has 0 spiro atoms. The van der Waals surface area contributed by atoms with Crippen LogP contribution in [0.4, 0.5) is 0 Å². The molecule has 4 nitrogen and oxygen atoms in total. The first-order chi connectivity index (χ1) is 11.2. The van der Waals surface area contributed by atoms with Crippen molar-refractivity contribution in [2.24, 2.45) is 7.05 Å². The Morgan fingerprint density at radius 2 is 1.43 bits per heavy atom. The topological polar surface area (TPSA) is 26.0 Å². The van der Waals surface area contributed by atoms with Gasteiger partial charge in [-0.25, -0.2) is 4.68 Å². The maximum absolute atomic E-state index is 5.41. The van der Waals surface area contributed by atoms with Gasteiger partial charge in [0.05, 0.1) is 6.67 Å². The zero-order chi connectivity index (χ0) is 16.1. The van der Waals surface area contributed by atoms with E-state index in [-0.39, 0.29) is 0 Å². The van der Waals surface area contributed by atoms with E-state index in [0.29, 0.717) is 6.67 Å². The zero-order valence-corrected chi connectivity index (χ0v) is 14.0. The molecule has 0 aliphatic carbocycles. The molecule has 0 unspecified atom stereocenters. The molecule has 0 fully saturated rings.